The van der Waals surface area contributed by atoms with Gasteiger partial charge in [-0.1, -0.05) is 5.16 Å². The molecule has 0 aromatic carbocycles. The molecule has 4 heterocycles. The molecule has 7 heteroatoms. The summed E-state index contributed by atoms with van der Waals surface area (Å²) in [5.41, 5.74) is 2.67. The predicted molar refractivity (Wildman–Crippen MR) is 101 cm³/mol. The maximum Gasteiger partial charge on any atom is 0.253 e. The molecule has 1 saturated heterocycles. The molecule has 4 rings (SSSR count). The van der Waals surface area contributed by atoms with E-state index in [-0.39, 0.29) is 5.56 Å². The number of hydrogen-bond acceptors (Lipinski definition) is 6. The van der Waals surface area contributed by atoms with Gasteiger partial charge in [0.25, 0.3) is 5.56 Å². The van der Waals surface area contributed by atoms with Gasteiger partial charge in [0, 0.05) is 42.7 Å². The quantitative estimate of drug-likeness (QED) is 0.691. The summed E-state index contributed by atoms with van der Waals surface area (Å²) in [4.78, 5) is 23.4. The highest BCUT2D eigenvalue weighted by atomic mass is 16.5. The Hall–Kier alpha value is -2.80. The summed E-state index contributed by atoms with van der Waals surface area (Å²) in [6.07, 6.45) is 9.04. The average Bonchev–Trinajstić information content (AvgIpc) is 3.10. The molecule has 0 radical (unpaired) electrons. The van der Waals surface area contributed by atoms with Crippen molar-refractivity contribution in [1.29, 1.82) is 0 Å². The molecule has 1 aliphatic rings. The summed E-state index contributed by atoms with van der Waals surface area (Å²) in [7, 11) is 0. The first kappa shape index (κ1) is 17.6. The minimum absolute atomic E-state index is 0.00798. The monoisotopic (exact) mass is 365 g/mol. The first-order valence-electron chi connectivity index (χ1n) is 9.28. The Morgan fingerprint density at radius 3 is 2.78 bits per heavy atom. The van der Waals surface area contributed by atoms with Crippen LogP contribution in [0.5, 0.6) is 0 Å². The van der Waals surface area contributed by atoms with E-state index in [0.717, 1.165) is 55.9 Å². The van der Waals surface area contributed by atoms with Crippen LogP contribution in [0.4, 0.5) is 0 Å². The SMILES string of the molecule is Cc1oncc1CN1CCC(Cn2cnc(-c3cccnc3)cc2=O)CC1. The third-order valence-corrected chi connectivity index (χ3v) is 5.24. The molecule has 1 fully saturated rings. The Bertz CT molecular complexity index is 942. The van der Waals surface area contributed by atoms with E-state index in [0.29, 0.717) is 11.6 Å². The van der Waals surface area contributed by atoms with Crippen LogP contribution in [0, 0.1) is 12.8 Å². The Kier molecular flexibility index (Phi) is 5.11. The molecule has 0 spiro atoms. The number of nitrogens with zero attached hydrogens (tertiary/aromatic N) is 5. The van der Waals surface area contributed by atoms with Crippen molar-refractivity contribution in [2.24, 2.45) is 5.92 Å². The van der Waals surface area contributed by atoms with Gasteiger partial charge in [0.1, 0.15) is 5.76 Å². The van der Waals surface area contributed by atoms with Gasteiger partial charge in [-0.15, -0.1) is 0 Å². The van der Waals surface area contributed by atoms with E-state index in [9.17, 15) is 4.79 Å². The number of rotatable bonds is 5. The molecule has 0 N–H and O–H groups in total. The number of aryl methyl sites for hydroxylation is 1. The van der Waals surface area contributed by atoms with Crippen molar-refractivity contribution in [2.45, 2.75) is 32.9 Å². The molecule has 3 aromatic rings. The van der Waals surface area contributed by atoms with E-state index >= 15 is 0 Å². The molecule has 140 valence electrons. The maximum atomic E-state index is 12.5. The van der Waals surface area contributed by atoms with E-state index in [1.165, 1.54) is 0 Å². The van der Waals surface area contributed by atoms with Crippen molar-refractivity contribution in [3.8, 4) is 11.3 Å². The molecule has 7 nitrogen and oxygen atoms in total. The highest BCUT2D eigenvalue weighted by Gasteiger charge is 2.21. The highest BCUT2D eigenvalue weighted by Crippen LogP contribution is 2.21. The van der Waals surface area contributed by atoms with E-state index in [1.807, 2.05) is 19.1 Å². The minimum Gasteiger partial charge on any atom is -0.361 e. The van der Waals surface area contributed by atoms with Crippen LogP contribution in [0.1, 0.15) is 24.2 Å². The van der Waals surface area contributed by atoms with Crippen LogP contribution < -0.4 is 5.56 Å². The van der Waals surface area contributed by atoms with E-state index in [4.69, 9.17) is 4.52 Å². The lowest BCUT2D eigenvalue weighted by Gasteiger charge is -2.31. The van der Waals surface area contributed by atoms with Crippen LogP contribution in [-0.2, 0) is 13.1 Å². The molecule has 0 unspecified atom stereocenters. The Morgan fingerprint density at radius 1 is 1.26 bits per heavy atom. The fraction of sp³-hybridized carbons (Fsp3) is 0.400. The van der Waals surface area contributed by atoms with Crippen molar-refractivity contribution in [3.05, 3.63) is 64.8 Å². The van der Waals surface area contributed by atoms with Crippen LogP contribution in [0.2, 0.25) is 0 Å². The van der Waals surface area contributed by atoms with Crippen molar-refractivity contribution in [3.63, 3.8) is 0 Å². The first-order chi connectivity index (χ1) is 13.2. The van der Waals surface area contributed by atoms with E-state index in [1.54, 1.807) is 35.6 Å². The lowest BCUT2D eigenvalue weighted by Crippen LogP contribution is -2.36. The van der Waals surface area contributed by atoms with Gasteiger partial charge in [-0.3, -0.25) is 19.2 Å². The Morgan fingerprint density at radius 2 is 2.11 bits per heavy atom. The zero-order valence-electron chi connectivity index (χ0n) is 15.4. The number of aromatic nitrogens is 4. The summed E-state index contributed by atoms with van der Waals surface area (Å²) in [6, 6.07) is 5.35. The van der Waals surface area contributed by atoms with Gasteiger partial charge in [0.15, 0.2) is 0 Å². The lowest BCUT2D eigenvalue weighted by molar-refractivity contribution is 0.165. The topological polar surface area (TPSA) is 77.1 Å². The molecular weight excluding hydrogens is 342 g/mol. The smallest absolute Gasteiger partial charge is 0.253 e. The molecule has 0 aliphatic carbocycles. The van der Waals surface area contributed by atoms with Crippen LogP contribution in [0.25, 0.3) is 11.3 Å². The van der Waals surface area contributed by atoms with Crippen LogP contribution in [-0.4, -0.2) is 37.7 Å². The predicted octanol–water partition coefficient (Wildman–Crippen LogP) is 2.51. The molecule has 3 aromatic heterocycles. The molecule has 0 bridgehead atoms. The van der Waals surface area contributed by atoms with Crippen LogP contribution in [0.3, 0.4) is 0 Å². The van der Waals surface area contributed by atoms with E-state index < -0.39 is 0 Å². The summed E-state index contributed by atoms with van der Waals surface area (Å²) < 4.78 is 6.86. The van der Waals surface area contributed by atoms with Gasteiger partial charge in [0.05, 0.1) is 18.2 Å². The third-order valence-electron chi connectivity index (χ3n) is 5.24. The standard InChI is InChI=1S/C20H23N5O2/c1-15-18(11-23-27-15)13-24-7-4-16(5-8-24)12-25-14-22-19(9-20(25)26)17-3-2-6-21-10-17/h2-3,6,9-11,14,16H,4-5,7-8,12-13H2,1H3. The van der Waals surface area contributed by atoms with Gasteiger partial charge in [-0.05, 0) is 50.9 Å². The van der Waals surface area contributed by atoms with Gasteiger partial charge in [-0.25, -0.2) is 4.98 Å². The van der Waals surface area contributed by atoms with Crippen molar-refractivity contribution < 1.29 is 4.52 Å². The first-order valence-corrected chi connectivity index (χ1v) is 9.28. The summed E-state index contributed by atoms with van der Waals surface area (Å²) in [5.74, 6) is 1.39. The zero-order valence-corrected chi connectivity index (χ0v) is 15.4. The Balaban J connectivity index is 1.35. The highest BCUT2D eigenvalue weighted by molar-refractivity contribution is 5.56. The molecular formula is C20H23N5O2. The minimum atomic E-state index is -0.00798. The second-order valence-electron chi connectivity index (χ2n) is 7.13. The maximum absolute atomic E-state index is 12.5. The molecule has 1 aliphatic heterocycles. The molecule has 0 saturated carbocycles. The normalized spacial score (nSPS) is 15.9. The fourth-order valence-electron chi connectivity index (χ4n) is 3.55. The molecule has 0 amide bonds. The van der Waals surface area contributed by atoms with Gasteiger partial charge < -0.3 is 4.52 Å². The zero-order chi connectivity index (χ0) is 18.6. The summed E-state index contributed by atoms with van der Waals surface area (Å²) >= 11 is 0. The number of hydrogen-bond donors (Lipinski definition) is 0. The number of likely N-dealkylation sites (tertiary alicyclic amines) is 1. The lowest BCUT2D eigenvalue weighted by atomic mass is 9.96. The van der Waals surface area contributed by atoms with Crippen molar-refractivity contribution in [2.75, 3.05) is 13.1 Å². The molecule has 27 heavy (non-hydrogen) atoms. The third kappa shape index (κ3) is 4.14. The summed E-state index contributed by atoms with van der Waals surface area (Å²) in [6.45, 7) is 5.59. The van der Waals surface area contributed by atoms with Gasteiger partial charge >= 0.3 is 0 Å². The second kappa shape index (κ2) is 7.84. The van der Waals surface area contributed by atoms with Crippen LogP contribution >= 0.6 is 0 Å². The van der Waals surface area contributed by atoms with E-state index in [2.05, 4.69) is 20.0 Å². The fourth-order valence-corrected chi connectivity index (χ4v) is 3.55. The number of pyridine rings is 1. The van der Waals surface area contributed by atoms with Gasteiger partial charge in [0.2, 0.25) is 0 Å². The summed E-state index contributed by atoms with van der Waals surface area (Å²) in [5, 5.41) is 3.85. The van der Waals surface area contributed by atoms with Crippen LogP contribution in [0.15, 0.2) is 52.4 Å². The second-order valence-corrected chi connectivity index (χ2v) is 7.13. The van der Waals surface area contributed by atoms with Crippen molar-refractivity contribution >= 4 is 0 Å². The van der Waals surface area contributed by atoms with Gasteiger partial charge in [-0.2, -0.15) is 0 Å². The molecule has 0 atom stereocenters. The van der Waals surface area contributed by atoms with Crippen molar-refractivity contribution in [1.82, 2.24) is 24.6 Å². The average molecular weight is 365 g/mol. The Labute approximate surface area is 157 Å². The number of piperidine rings is 1. The largest absolute Gasteiger partial charge is 0.361 e.